The summed E-state index contributed by atoms with van der Waals surface area (Å²) in [6, 6.07) is 0. The predicted octanol–water partition coefficient (Wildman–Crippen LogP) is 2.00. The molecule has 2 heterocycles. The number of aromatic carboxylic acids is 1. The van der Waals surface area contributed by atoms with E-state index in [0.717, 1.165) is 24.6 Å². The highest BCUT2D eigenvalue weighted by Gasteiger charge is 2.16. The summed E-state index contributed by atoms with van der Waals surface area (Å²) < 4.78 is 0. The largest absolute Gasteiger partial charge is 0.477 e. The molecule has 1 aliphatic heterocycles. The van der Waals surface area contributed by atoms with Gasteiger partial charge in [0.1, 0.15) is 4.88 Å². The van der Waals surface area contributed by atoms with Crippen LogP contribution in [0.5, 0.6) is 0 Å². The van der Waals surface area contributed by atoms with Gasteiger partial charge in [0.05, 0.1) is 6.20 Å². The molecule has 1 aromatic heterocycles. The zero-order valence-corrected chi connectivity index (χ0v) is 9.25. The highest BCUT2D eigenvalue weighted by Crippen LogP contribution is 2.25. The first-order valence-corrected chi connectivity index (χ1v) is 5.58. The quantitative estimate of drug-likeness (QED) is 0.781. The van der Waals surface area contributed by atoms with Crippen LogP contribution in [0.1, 0.15) is 23.0 Å². The summed E-state index contributed by atoms with van der Waals surface area (Å²) in [5.41, 5.74) is 1.31. The first-order valence-electron chi connectivity index (χ1n) is 4.76. The number of carboxylic acids is 1. The Morgan fingerprint density at radius 2 is 2.47 bits per heavy atom. The highest BCUT2D eigenvalue weighted by atomic mass is 32.1. The third kappa shape index (κ3) is 2.18. The van der Waals surface area contributed by atoms with Crippen molar-refractivity contribution in [1.82, 2.24) is 4.98 Å². The number of nitrogens with zero attached hydrogens (tertiary/aromatic N) is 2. The molecule has 0 amide bonds. The molecule has 5 heteroatoms. The molecule has 0 radical (unpaired) electrons. The third-order valence-electron chi connectivity index (χ3n) is 2.31. The van der Waals surface area contributed by atoms with Gasteiger partial charge >= 0.3 is 5.97 Å². The second kappa shape index (κ2) is 4.02. The molecule has 1 aromatic rings. The molecule has 0 aliphatic carbocycles. The molecule has 1 aliphatic rings. The van der Waals surface area contributed by atoms with E-state index in [-0.39, 0.29) is 0 Å². The van der Waals surface area contributed by atoms with Crippen molar-refractivity contribution in [3.05, 3.63) is 22.7 Å². The minimum Gasteiger partial charge on any atom is -0.477 e. The lowest BCUT2D eigenvalue weighted by atomic mass is 10.1. The number of rotatable bonds is 2. The Bertz CT molecular complexity index is 411. The van der Waals surface area contributed by atoms with Crippen LogP contribution in [0.4, 0.5) is 5.13 Å². The average molecular weight is 224 g/mol. The van der Waals surface area contributed by atoms with Crippen LogP contribution in [0, 0.1) is 0 Å². The lowest BCUT2D eigenvalue weighted by Gasteiger charge is -2.25. The zero-order valence-electron chi connectivity index (χ0n) is 8.43. The maximum absolute atomic E-state index is 10.7. The van der Waals surface area contributed by atoms with Crippen LogP contribution >= 0.6 is 11.3 Å². The molecule has 0 bridgehead atoms. The minimum atomic E-state index is -0.900. The monoisotopic (exact) mass is 224 g/mol. The summed E-state index contributed by atoms with van der Waals surface area (Å²) in [6.45, 7) is 3.86. The zero-order chi connectivity index (χ0) is 10.8. The van der Waals surface area contributed by atoms with Gasteiger partial charge in [-0.05, 0) is 13.3 Å². The van der Waals surface area contributed by atoms with Crippen molar-refractivity contribution in [3.8, 4) is 0 Å². The van der Waals surface area contributed by atoms with Gasteiger partial charge in [0, 0.05) is 13.1 Å². The van der Waals surface area contributed by atoms with E-state index >= 15 is 0 Å². The number of aromatic nitrogens is 1. The summed E-state index contributed by atoms with van der Waals surface area (Å²) in [6.07, 6.45) is 4.64. The molecule has 2 rings (SSSR count). The van der Waals surface area contributed by atoms with Crippen molar-refractivity contribution in [2.24, 2.45) is 0 Å². The van der Waals surface area contributed by atoms with Gasteiger partial charge in [0.25, 0.3) is 0 Å². The third-order valence-corrected chi connectivity index (χ3v) is 3.35. The molecule has 15 heavy (non-hydrogen) atoms. The van der Waals surface area contributed by atoms with E-state index in [4.69, 9.17) is 5.11 Å². The standard InChI is InChI=1S/C10H12N2O2S/c1-7-3-2-4-12(6-7)10-11-5-8(15-10)9(13)14/h3,5H,2,4,6H2,1H3,(H,13,14). The van der Waals surface area contributed by atoms with E-state index in [0.29, 0.717) is 4.88 Å². The van der Waals surface area contributed by atoms with Crippen molar-refractivity contribution in [2.75, 3.05) is 18.0 Å². The number of anilines is 1. The van der Waals surface area contributed by atoms with Crippen molar-refractivity contribution >= 4 is 22.4 Å². The summed E-state index contributed by atoms with van der Waals surface area (Å²) in [5, 5.41) is 9.59. The van der Waals surface area contributed by atoms with Crippen LogP contribution in [0.3, 0.4) is 0 Å². The molecule has 4 nitrogen and oxygen atoms in total. The molecule has 1 N–H and O–H groups in total. The number of carbonyl (C=O) groups is 1. The maximum atomic E-state index is 10.7. The lowest BCUT2D eigenvalue weighted by molar-refractivity contribution is 0.0702. The fraction of sp³-hybridized carbons (Fsp3) is 0.400. The fourth-order valence-electron chi connectivity index (χ4n) is 1.58. The number of hydrogen-bond acceptors (Lipinski definition) is 4. The van der Waals surface area contributed by atoms with Gasteiger partial charge in [-0.2, -0.15) is 0 Å². The van der Waals surface area contributed by atoms with Crippen LogP contribution in [-0.4, -0.2) is 29.1 Å². The van der Waals surface area contributed by atoms with Gasteiger partial charge in [-0.1, -0.05) is 23.0 Å². The van der Waals surface area contributed by atoms with Gasteiger partial charge in [0.15, 0.2) is 5.13 Å². The van der Waals surface area contributed by atoms with E-state index in [1.54, 1.807) is 0 Å². The Hall–Kier alpha value is -1.36. The van der Waals surface area contributed by atoms with Gasteiger partial charge in [-0.15, -0.1) is 0 Å². The Kier molecular flexibility index (Phi) is 2.73. The Labute approximate surface area is 91.9 Å². The maximum Gasteiger partial charge on any atom is 0.347 e. The summed E-state index contributed by atoms with van der Waals surface area (Å²) in [4.78, 5) is 17.3. The van der Waals surface area contributed by atoms with Gasteiger partial charge in [-0.25, -0.2) is 9.78 Å². The number of hydrogen-bond donors (Lipinski definition) is 1. The summed E-state index contributed by atoms with van der Waals surface area (Å²) >= 11 is 1.24. The molecule has 0 saturated heterocycles. The van der Waals surface area contributed by atoms with E-state index in [1.807, 2.05) is 0 Å². The minimum absolute atomic E-state index is 0.303. The second-order valence-electron chi connectivity index (χ2n) is 3.57. The SMILES string of the molecule is CC1=CCCN(c2ncc(C(=O)O)s2)C1. The highest BCUT2D eigenvalue weighted by molar-refractivity contribution is 7.17. The van der Waals surface area contributed by atoms with Crippen molar-refractivity contribution in [3.63, 3.8) is 0 Å². The van der Waals surface area contributed by atoms with Gasteiger partial charge in [0.2, 0.25) is 0 Å². The molecule has 0 fully saturated rings. The fourth-order valence-corrected chi connectivity index (χ4v) is 2.36. The predicted molar refractivity (Wildman–Crippen MR) is 59.7 cm³/mol. The molecule has 0 aromatic carbocycles. The first kappa shape index (κ1) is 10.2. The normalized spacial score (nSPS) is 16.3. The summed E-state index contributed by atoms with van der Waals surface area (Å²) in [5.74, 6) is -0.900. The van der Waals surface area contributed by atoms with Gasteiger partial charge in [-0.3, -0.25) is 0 Å². The Morgan fingerprint density at radius 3 is 3.07 bits per heavy atom. The smallest absolute Gasteiger partial charge is 0.347 e. The van der Waals surface area contributed by atoms with Crippen LogP contribution < -0.4 is 4.90 Å². The Balaban J connectivity index is 2.16. The van der Waals surface area contributed by atoms with E-state index in [1.165, 1.54) is 23.1 Å². The van der Waals surface area contributed by atoms with Crippen LogP contribution in [0.15, 0.2) is 17.8 Å². The molecular weight excluding hydrogens is 212 g/mol. The van der Waals surface area contributed by atoms with E-state index < -0.39 is 5.97 Å². The molecule has 0 unspecified atom stereocenters. The first-order chi connectivity index (χ1) is 7.16. The topological polar surface area (TPSA) is 53.4 Å². The number of thiazole rings is 1. The lowest BCUT2D eigenvalue weighted by Crippen LogP contribution is -2.28. The van der Waals surface area contributed by atoms with Crippen molar-refractivity contribution < 1.29 is 9.90 Å². The van der Waals surface area contributed by atoms with Crippen LogP contribution in [-0.2, 0) is 0 Å². The molecule has 0 spiro atoms. The number of carboxylic acid groups (broad SMARTS) is 1. The Morgan fingerprint density at radius 1 is 1.67 bits per heavy atom. The molecule has 80 valence electrons. The average Bonchev–Trinajstić information content (AvgIpc) is 2.66. The van der Waals surface area contributed by atoms with Crippen LogP contribution in [0.2, 0.25) is 0 Å². The molecular formula is C10H12N2O2S. The van der Waals surface area contributed by atoms with Gasteiger partial charge < -0.3 is 10.0 Å². The molecule has 0 atom stereocenters. The van der Waals surface area contributed by atoms with Crippen molar-refractivity contribution in [1.29, 1.82) is 0 Å². The van der Waals surface area contributed by atoms with E-state index in [2.05, 4.69) is 22.9 Å². The van der Waals surface area contributed by atoms with Crippen LogP contribution in [0.25, 0.3) is 0 Å². The second-order valence-corrected chi connectivity index (χ2v) is 4.58. The summed E-state index contributed by atoms with van der Waals surface area (Å²) in [7, 11) is 0. The van der Waals surface area contributed by atoms with Crippen molar-refractivity contribution in [2.45, 2.75) is 13.3 Å². The molecule has 0 saturated carbocycles. The van der Waals surface area contributed by atoms with E-state index in [9.17, 15) is 4.79 Å².